The summed E-state index contributed by atoms with van der Waals surface area (Å²) >= 11 is 0. The Balaban J connectivity index is 1.49. The van der Waals surface area contributed by atoms with Gasteiger partial charge in [0.05, 0.1) is 12.5 Å². The van der Waals surface area contributed by atoms with Gasteiger partial charge in [-0.1, -0.05) is 12.8 Å². The number of aliphatic carboxylic acids is 1. The fourth-order valence-corrected chi connectivity index (χ4v) is 6.23. The normalized spacial score (nSPS) is 16.7. The third-order valence-corrected chi connectivity index (χ3v) is 8.72. The first-order chi connectivity index (χ1) is 21.3. The van der Waals surface area contributed by atoms with Crippen LogP contribution in [-0.2, 0) is 16.0 Å². The first kappa shape index (κ1) is 32.4. The number of halogens is 4. The summed E-state index contributed by atoms with van der Waals surface area (Å²) in [5.41, 5.74) is 2.01. The average Bonchev–Trinajstić information content (AvgIpc) is 3.76. The maximum Gasteiger partial charge on any atom is 0.305 e. The van der Waals surface area contributed by atoms with E-state index in [1.807, 2.05) is 4.90 Å². The number of carboxylic acids is 1. The predicted molar refractivity (Wildman–Crippen MR) is 161 cm³/mol. The van der Waals surface area contributed by atoms with E-state index in [0.717, 1.165) is 23.5 Å². The van der Waals surface area contributed by atoms with E-state index in [9.17, 15) is 32.7 Å². The van der Waals surface area contributed by atoms with Gasteiger partial charge < -0.3 is 15.0 Å². The summed E-state index contributed by atoms with van der Waals surface area (Å²) in [4.78, 5) is 40.7. The highest BCUT2D eigenvalue weighted by atomic mass is 19.1. The van der Waals surface area contributed by atoms with E-state index in [1.54, 1.807) is 19.9 Å². The number of carbonyl (C=O) groups is 2. The van der Waals surface area contributed by atoms with Crippen molar-refractivity contribution in [1.29, 1.82) is 0 Å². The molecule has 1 amide bonds. The van der Waals surface area contributed by atoms with Gasteiger partial charge in [-0.2, -0.15) is 0 Å². The molecule has 1 aliphatic heterocycles. The molecule has 1 saturated carbocycles. The number of likely N-dealkylation sites (tertiary alicyclic amines) is 1. The average molecular weight is 628 g/mol. The van der Waals surface area contributed by atoms with Crippen LogP contribution in [0.15, 0.2) is 41.3 Å². The van der Waals surface area contributed by atoms with Crippen LogP contribution in [0.25, 0.3) is 11.1 Å². The number of aromatic nitrogens is 1. The summed E-state index contributed by atoms with van der Waals surface area (Å²) in [7, 11) is 0. The number of hydrogen-bond acceptors (Lipinski definition) is 4. The zero-order valence-electron chi connectivity index (χ0n) is 25.5. The molecule has 240 valence electrons. The summed E-state index contributed by atoms with van der Waals surface area (Å²) < 4.78 is 58.9. The van der Waals surface area contributed by atoms with Crippen LogP contribution in [0.3, 0.4) is 0 Å². The van der Waals surface area contributed by atoms with Crippen molar-refractivity contribution < 1.29 is 32.3 Å². The Kier molecular flexibility index (Phi) is 9.48. The van der Waals surface area contributed by atoms with Crippen LogP contribution < -0.4 is 10.9 Å². The van der Waals surface area contributed by atoms with Crippen molar-refractivity contribution in [1.82, 2.24) is 14.8 Å². The number of hydrogen-bond donors (Lipinski definition) is 2. The van der Waals surface area contributed by atoms with Gasteiger partial charge in [0.2, 0.25) is 5.91 Å². The SMILES string of the molecule is Cc1cc(-c2c(C)cc(F)cc2C)cc(C(CC(=O)O)NC(=O)C(CC2CC2)n2cc(CCN3CC(F)C3)cc(F)c2=O)c1F. The number of pyridine rings is 1. The lowest BCUT2D eigenvalue weighted by molar-refractivity contribution is -0.138. The highest BCUT2D eigenvalue weighted by Crippen LogP contribution is 2.38. The minimum absolute atomic E-state index is 0.0676. The molecule has 2 aromatic carbocycles. The second-order valence-electron chi connectivity index (χ2n) is 12.5. The molecular weight excluding hydrogens is 590 g/mol. The lowest BCUT2D eigenvalue weighted by atomic mass is 9.90. The van der Waals surface area contributed by atoms with Gasteiger partial charge in [-0.3, -0.25) is 19.3 Å². The third-order valence-electron chi connectivity index (χ3n) is 8.72. The molecule has 3 aromatic rings. The number of nitrogens with zero attached hydrogens (tertiary/aromatic N) is 2. The Hall–Kier alpha value is -3.99. The maximum absolute atomic E-state index is 15.7. The Morgan fingerprint density at radius 2 is 1.67 bits per heavy atom. The molecule has 2 N–H and O–H groups in total. The van der Waals surface area contributed by atoms with E-state index in [0.29, 0.717) is 40.8 Å². The second-order valence-corrected chi connectivity index (χ2v) is 12.5. The molecule has 1 aliphatic carbocycles. The summed E-state index contributed by atoms with van der Waals surface area (Å²) in [5, 5.41) is 12.4. The van der Waals surface area contributed by atoms with Gasteiger partial charge in [-0.15, -0.1) is 0 Å². The topological polar surface area (TPSA) is 91.6 Å². The van der Waals surface area contributed by atoms with E-state index < -0.39 is 59.6 Å². The molecule has 0 spiro atoms. The molecule has 2 heterocycles. The molecule has 1 saturated heterocycles. The smallest absolute Gasteiger partial charge is 0.305 e. The number of amides is 1. The van der Waals surface area contributed by atoms with Crippen molar-refractivity contribution in [2.24, 2.45) is 5.92 Å². The highest BCUT2D eigenvalue weighted by molar-refractivity contribution is 5.82. The summed E-state index contributed by atoms with van der Waals surface area (Å²) in [6.07, 6.45) is 2.09. The fourth-order valence-electron chi connectivity index (χ4n) is 6.23. The molecule has 2 atom stereocenters. The third kappa shape index (κ3) is 7.46. The van der Waals surface area contributed by atoms with Crippen LogP contribution in [0.2, 0.25) is 0 Å². The number of nitrogens with one attached hydrogen (secondary N) is 1. The van der Waals surface area contributed by atoms with Crippen LogP contribution in [0.4, 0.5) is 17.6 Å². The van der Waals surface area contributed by atoms with Crippen molar-refractivity contribution in [2.45, 2.75) is 71.1 Å². The quantitative estimate of drug-likeness (QED) is 0.251. The lowest BCUT2D eigenvalue weighted by Crippen LogP contribution is -2.49. The van der Waals surface area contributed by atoms with E-state index in [4.69, 9.17) is 0 Å². The highest BCUT2D eigenvalue weighted by Gasteiger charge is 2.34. The Morgan fingerprint density at radius 3 is 2.27 bits per heavy atom. The molecule has 0 radical (unpaired) electrons. The lowest BCUT2D eigenvalue weighted by Gasteiger charge is -2.34. The largest absolute Gasteiger partial charge is 0.481 e. The first-order valence-electron chi connectivity index (χ1n) is 15.2. The van der Waals surface area contributed by atoms with Crippen molar-refractivity contribution in [3.05, 3.63) is 92.2 Å². The van der Waals surface area contributed by atoms with Gasteiger partial charge in [0.15, 0.2) is 5.82 Å². The maximum atomic E-state index is 15.7. The molecule has 11 heteroatoms. The van der Waals surface area contributed by atoms with Crippen LogP contribution in [-0.4, -0.2) is 52.3 Å². The predicted octanol–water partition coefficient (Wildman–Crippen LogP) is 5.73. The molecule has 1 aromatic heterocycles. The summed E-state index contributed by atoms with van der Waals surface area (Å²) in [6.45, 7) is 5.99. The van der Waals surface area contributed by atoms with Gasteiger partial charge in [0, 0.05) is 31.4 Å². The van der Waals surface area contributed by atoms with E-state index in [2.05, 4.69) is 5.32 Å². The minimum Gasteiger partial charge on any atom is -0.481 e. The Morgan fingerprint density at radius 1 is 1.00 bits per heavy atom. The van der Waals surface area contributed by atoms with Gasteiger partial charge in [0.1, 0.15) is 23.8 Å². The van der Waals surface area contributed by atoms with Crippen molar-refractivity contribution in [3.63, 3.8) is 0 Å². The molecule has 45 heavy (non-hydrogen) atoms. The molecule has 2 aliphatic rings. The Labute approximate surface area is 258 Å². The number of carbonyl (C=O) groups excluding carboxylic acids is 1. The summed E-state index contributed by atoms with van der Waals surface area (Å²) in [6, 6.07) is 4.39. The molecule has 0 bridgehead atoms. The number of alkyl halides is 1. The first-order valence-corrected chi connectivity index (χ1v) is 15.2. The number of benzene rings is 2. The van der Waals surface area contributed by atoms with Crippen LogP contribution >= 0.6 is 0 Å². The van der Waals surface area contributed by atoms with Crippen LogP contribution in [0.1, 0.15) is 65.6 Å². The van der Waals surface area contributed by atoms with Gasteiger partial charge in [-0.05, 0) is 103 Å². The summed E-state index contributed by atoms with van der Waals surface area (Å²) in [5.74, 6) is -4.06. The number of rotatable bonds is 12. The van der Waals surface area contributed by atoms with Crippen molar-refractivity contribution in [2.75, 3.05) is 19.6 Å². The monoisotopic (exact) mass is 627 g/mol. The molecule has 5 rings (SSSR count). The molecule has 2 fully saturated rings. The van der Waals surface area contributed by atoms with Crippen molar-refractivity contribution >= 4 is 11.9 Å². The zero-order valence-corrected chi connectivity index (χ0v) is 25.5. The van der Waals surface area contributed by atoms with Crippen LogP contribution in [0, 0.1) is 44.1 Å². The van der Waals surface area contributed by atoms with E-state index >= 15 is 4.39 Å². The van der Waals surface area contributed by atoms with E-state index in [-0.39, 0.29) is 36.6 Å². The van der Waals surface area contributed by atoms with E-state index in [1.165, 1.54) is 31.3 Å². The standard InChI is InChI=1S/C34H37F4N3O4/c1-18-9-24(35)10-19(2)31(18)23-8-20(3)32(38)26(13-23)28(14-30(42)43)39-33(44)29(12-21-4-5-21)41-15-22(11-27(37)34(41)45)6-7-40-16-25(36)17-40/h8-11,13,15,21,25,28-29H,4-7,12,14,16-17H2,1-3H3,(H,39,44)(H,42,43). The minimum atomic E-state index is -1.32. The Bertz CT molecular complexity index is 1660. The fraction of sp³-hybridized carbons (Fsp3) is 0.441. The molecular formula is C34H37F4N3O4. The van der Waals surface area contributed by atoms with Gasteiger partial charge >= 0.3 is 5.97 Å². The van der Waals surface area contributed by atoms with Crippen molar-refractivity contribution in [3.8, 4) is 11.1 Å². The van der Waals surface area contributed by atoms with Gasteiger partial charge in [-0.25, -0.2) is 17.6 Å². The van der Waals surface area contributed by atoms with Crippen LogP contribution in [0.5, 0.6) is 0 Å². The molecule has 7 nitrogen and oxygen atoms in total. The molecule has 2 unspecified atom stereocenters. The number of aryl methyl sites for hydroxylation is 3. The number of carboxylic acid groups (broad SMARTS) is 1. The zero-order chi connectivity index (χ0) is 32.6. The second kappa shape index (κ2) is 13.2. The van der Waals surface area contributed by atoms with Gasteiger partial charge in [0.25, 0.3) is 5.56 Å².